The van der Waals surface area contributed by atoms with Gasteiger partial charge < -0.3 is 4.90 Å². The summed E-state index contributed by atoms with van der Waals surface area (Å²) in [6.45, 7) is 3.29. The predicted molar refractivity (Wildman–Crippen MR) is 89.1 cm³/mol. The lowest BCUT2D eigenvalue weighted by molar-refractivity contribution is 0.258. The average molecular weight is 284 g/mol. The smallest absolute Gasteiger partial charge is 0.0670 e. The maximum absolute atomic E-state index is 2.85. The molecule has 1 fully saturated rings. The molecule has 1 aliphatic heterocycles. The van der Waals surface area contributed by atoms with Crippen LogP contribution in [0.25, 0.3) is 0 Å². The summed E-state index contributed by atoms with van der Waals surface area (Å²) in [6.07, 6.45) is 1.05. The highest BCUT2D eigenvalue weighted by molar-refractivity contribution is 7.16. The number of para-hydroxylation sites is 1. The molecule has 1 saturated heterocycles. The minimum Gasteiger partial charge on any atom is -0.362 e. The lowest BCUT2D eigenvalue weighted by atomic mass is 10.0. The molecule has 1 heterocycles. The zero-order chi connectivity index (χ0) is 13.8. The van der Waals surface area contributed by atoms with Crippen molar-refractivity contribution < 1.29 is 0 Å². The molecule has 0 spiro atoms. The first-order valence-electron chi connectivity index (χ1n) is 7.17. The summed E-state index contributed by atoms with van der Waals surface area (Å²) in [5.41, 5.74) is 2.73. The van der Waals surface area contributed by atoms with Crippen LogP contribution in [0.5, 0.6) is 0 Å². The van der Waals surface area contributed by atoms with E-state index in [1.54, 1.807) is 0 Å². The van der Waals surface area contributed by atoms with E-state index in [4.69, 9.17) is 0 Å². The van der Waals surface area contributed by atoms with Crippen LogP contribution in [0.1, 0.15) is 11.6 Å². The Kier molecular flexibility index (Phi) is 4.34. The normalized spacial score (nSPS) is 20.1. The van der Waals surface area contributed by atoms with E-state index in [2.05, 4.69) is 79.7 Å². The van der Waals surface area contributed by atoms with E-state index in [0.29, 0.717) is 6.04 Å². The van der Waals surface area contributed by atoms with Crippen LogP contribution in [0.3, 0.4) is 0 Å². The molecular formula is C17H21N2P. The third-order valence-electron chi connectivity index (χ3n) is 3.99. The van der Waals surface area contributed by atoms with Crippen molar-refractivity contribution in [1.29, 1.82) is 0 Å². The van der Waals surface area contributed by atoms with Gasteiger partial charge in [0, 0.05) is 31.6 Å². The summed E-state index contributed by atoms with van der Waals surface area (Å²) < 4.78 is 0. The van der Waals surface area contributed by atoms with Crippen LogP contribution in [0.4, 0.5) is 5.69 Å². The molecular weight excluding hydrogens is 263 g/mol. The number of piperazine rings is 1. The molecule has 3 rings (SSSR count). The average Bonchev–Trinajstić information content (AvgIpc) is 2.56. The Bertz CT molecular complexity index is 529. The molecule has 3 heteroatoms. The molecule has 2 aromatic rings. The maximum Gasteiger partial charge on any atom is 0.0670 e. The summed E-state index contributed by atoms with van der Waals surface area (Å²) in [5.74, 6) is 0. The van der Waals surface area contributed by atoms with Crippen molar-refractivity contribution in [3.63, 3.8) is 0 Å². The third-order valence-corrected chi connectivity index (χ3v) is 4.51. The number of hydrogen-bond acceptors (Lipinski definition) is 2. The van der Waals surface area contributed by atoms with Crippen LogP contribution < -0.4 is 4.90 Å². The molecule has 20 heavy (non-hydrogen) atoms. The van der Waals surface area contributed by atoms with Gasteiger partial charge in [-0.25, -0.2) is 0 Å². The fraction of sp³-hybridized carbons (Fsp3) is 0.294. The second-order valence-electron chi connectivity index (χ2n) is 5.22. The quantitative estimate of drug-likeness (QED) is 0.797. The van der Waals surface area contributed by atoms with Crippen molar-refractivity contribution >= 4 is 14.9 Å². The van der Waals surface area contributed by atoms with E-state index < -0.39 is 0 Å². The van der Waals surface area contributed by atoms with E-state index in [0.717, 1.165) is 25.9 Å². The monoisotopic (exact) mass is 284 g/mol. The van der Waals surface area contributed by atoms with E-state index in [1.165, 1.54) is 11.3 Å². The minimum atomic E-state index is 0.438. The van der Waals surface area contributed by atoms with Gasteiger partial charge >= 0.3 is 0 Å². The molecule has 0 radical (unpaired) electrons. The topological polar surface area (TPSA) is 6.48 Å². The Morgan fingerprint density at radius 2 is 1.55 bits per heavy atom. The lowest BCUT2D eigenvalue weighted by Crippen LogP contribution is -2.48. The van der Waals surface area contributed by atoms with Crippen molar-refractivity contribution in [2.24, 2.45) is 0 Å². The summed E-state index contributed by atoms with van der Waals surface area (Å²) in [4.78, 5) is 5.04. The van der Waals surface area contributed by atoms with Crippen LogP contribution in [0.2, 0.25) is 0 Å². The number of benzene rings is 2. The van der Waals surface area contributed by atoms with Gasteiger partial charge in [-0.15, -0.1) is 9.24 Å². The molecule has 2 unspecified atom stereocenters. The second-order valence-corrected chi connectivity index (χ2v) is 5.58. The van der Waals surface area contributed by atoms with Crippen LogP contribution >= 0.6 is 9.24 Å². The van der Waals surface area contributed by atoms with E-state index in [1.807, 2.05) is 0 Å². The van der Waals surface area contributed by atoms with Crippen molar-refractivity contribution in [3.05, 3.63) is 66.2 Å². The van der Waals surface area contributed by atoms with Gasteiger partial charge in [0.1, 0.15) is 0 Å². The summed E-state index contributed by atoms with van der Waals surface area (Å²) in [7, 11) is 2.85. The SMILES string of the molecule is PCN1CCN(c2ccccc2)C(c2ccccc2)C1. The molecule has 0 aromatic heterocycles. The van der Waals surface area contributed by atoms with Gasteiger partial charge in [0.05, 0.1) is 6.04 Å². The highest BCUT2D eigenvalue weighted by Crippen LogP contribution is 2.30. The molecule has 0 amide bonds. The number of hydrogen-bond donors (Lipinski definition) is 0. The summed E-state index contributed by atoms with van der Waals surface area (Å²) >= 11 is 0. The Balaban J connectivity index is 1.91. The van der Waals surface area contributed by atoms with Gasteiger partial charge in [-0.3, -0.25) is 4.90 Å². The largest absolute Gasteiger partial charge is 0.362 e. The van der Waals surface area contributed by atoms with Crippen LogP contribution in [0.15, 0.2) is 60.7 Å². The maximum atomic E-state index is 2.85. The number of anilines is 1. The fourth-order valence-electron chi connectivity index (χ4n) is 2.89. The molecule has 0 N–H and O–H groups in total. The Hall–Kier alpha value is -1.37. The third kappa shape index (κ3) is 2.87. The zero-order valence-electron chi connectivity index (χ0n) is 11.7. The molecule has 2 atom stereocenters. The highest BCUT2D eigenvalue weighted by Gasteiger charge is 2.27. The minimum absolute atomic E-state index is 0.438. The van der Waals surface area contributed by atoms with Crippen molar-refractivity contribution in [2.45, 2.75) is 6.04 Å². The number of rotatable bonds is 3. The second kappa shape index (κ2) is 6.39. The Morgan fingerprint density at radius 1 is 0.900 bits per heavy atom. The first-order chi connectivity index (χ1) is 9.88. The zero-order valence-corrected chi connectivity index (χ0v) is 12.8. The van der Waals surface area contributed by atoms with Crippen molar-refractivity contribution in [3.8, 4) is 0 Å². The first-order valence-corrected chi connectivity index (χ1v) is 7.99. The molecule has 104 valence electrons. The van der Waals surface area contributed by atoms with E-state index in [9.17, 15) is 0 Å². The summed E-state index contributed by atoms with van der Waals surface area (Å²) in [5, 5.41) is 0. The van der Waals surface area contributed by atoms with Gasteiger partial charge in [0.25, 0.3) is 0 Å². The predicted octanol–water partition coefficient (Wildman–Crippen LogP) is 3.38. The van der Waals surface area contributed by atoms with Crippen molar-refractivity contribution in [1.82, 2.24) is 4.90 Å². The highest BCUT2D eigenvalue weighted by atomic mass is 31.0. The van der Waals surface area contributed by atoms with Gasteiger partial charge in [0.2, 0.25) is 0 Å². The first kappa shape index (κ1) is 13.6. The Labute approximate surface area is 123 Å². The molecule has 0 saturated carbocycles. The van der Waals surface area contributed by atoms with Crippen LogP contribution in [-0.4, -0.2) is 30.8 Å². The van der Waals surface area contributed by atoms with E-state index >= 15 is 0 Å². The van der Waals surface area contributed by atoms with Gasteiger partial charge in [-0.05, 0) is 17.7 Å². The molecule has 1 aliphatic rings. The van der Waals surface area contributed by atoms with Crippen LogP contribution in [-0.2, 0) is 0 Å². The Morgan fingerprint density at radius 3 is 2.20 bits per heavy atom. The molecule has 0 bridgehead atoms. The van der Waals surface area contributed by atoms with Gasteiger partial charge in [-0.2, -0.15) is 0 Å². The molecule has 0 aliphatic carbocycles. The van der Waals surface area contributed by atoms with E-state index in [-0.39, 0.29) is 0 Å². The molecule has 2 aromatic carbocycles. The molecule has 2 nitrogen and oxygen atoms in total. The number of nitrogens with zero attached hydrogens (tertiary/aromatic N) is 2. The standard InChI is InChI=1S/C17H21N2P/c20-14-18-11-12-19(16-9-5-2-6-10-16)17(13-18)15-7-3-1-4-8-15/h1-10,17H,11-14,20H2. The van der Waals surface area contributed by atoms with Gasteiger partial charge in [-0.1, -0.05) is 48.5 Å². The van der Waals surface area contributed by atoms with Gasteiger partial charge in [0.15, 0.2) is 0 Å². The lowest BCUT2D eigenvalue weighted by Gasteiger charge is -2.42. The summed E-state index contributed by atoms with van der Waals surface area (Å²) in [6, 6.07) is 22.0. The van der Waals surface area contributed by atoms with Crippen LogP contribution in [0, 0.1) is 0 Å². The fourth-order valence-corrected chi connectivity index (χ4v) is 3.23. The van der Waals surface area contributed by atoms with Crippen molar-refractivity contribution in [2.75, 3.05) is 30.8 Å².